The maximum atomic E-state index is 12.1. The van der Waals surface area contributed by atoms with Crippen LogP contribution in [0.25, 0.3) is 0 Å². The molecule has 15 heavy (non-hydrogen) atoms. The molecule has 1 heterocycles. The summed E-state index contributed by atoms with van der Waals surface area (Å²) >= 11 is 0. The molecule has 0 aromatic heterocycles. The molecule has 3 heteroatoms. The first kappa shape index (κ1) is 12.1. The Morgan fingerprint density at radius 3 is 2.40 bits per heavy atom. The number of piperidine rings is 1. The first-order valence-electron chi connectivity index (χ1n) is 5.83. The molecule has 0 unspecified atom stereocenters. The Hall–Kier alpha value is -0.990. The van der Waals surface area contributed by atoms with E-state index in [4.69, 9.17) is 0 Å². The smallest absolute Gasteiger partial charge is 0.320 e. The summed E-state index contributed by atoms with van der Waals surface area (Å²) in [5.74, 6) is 0. The van der Waals surface area contributed by atoms with Crippen LogP contribution in [-0.2, 0) is 0 Å². The van der Waals surface area contributed by atoms with Gasteiger partial charge in [-0.3, -0.25) is 0 Å². The minimum absolute atomic E-state index is 0.181. The van der Waals surface area contributed by atoms with Crippen LogP contribution >= 0.6 is 0 Å². The molecule has 0 bridgehead atoms. The third kappa shape index (κ3) is 3.57. The molecule has 0 spiro atoms. The topological polar surface area (TPSA) is 23.6 Å². The lowest BCUT2D eigenvalue weighted by Gasteiger charge is -2.32. The van der Waals surface area contributed by atoms with Crippen LogP contribution in [0.5, 0.6) is 0 Å². The normalized spacial score (nSPS) is 16.3. The highest BCUT2D eigenvalue weighted by atomic mass is 16.2. The lowest BCUT2D eigenvalue weighted by atomic mass is 10.1. The second-order valence-corrected chi connectivity index (χ2v) is 4.30. The molecule has 1 rings (SSSR count). The minimum atomic E-state index is 0.181. The molecular formula is C12H22N2O. The minimum Gasteiger partial charge on any atom is -0.325 e. The van der Waals surface area contributed by atoms with Crippen molar-refractivity contribution >= 4 is 6.03 Å². The van der Waals surface area contributed by atoms with Crippen molar-refractivity contribution in [3.8, 4) is 0 Å². The van der Waals surface area contributed by atoms with Gasteiger partial charge in [0.1, 0.15) is 0 Å². The molecule has 86 valence electrons. The molecule has 0 aromatic carbocycles. The monoisotopic (exact) mass is 210 g/mol. The number of carbonyl (C=O) groups is 1. The molecular weight excluding hydrogens is 188 g/mol. The van der Waals surface area contributed by atoms with Gasteiger partial charge in [0.2, 0.25) is 0 Å². The zero-order valence-electron chi connectivity index (χ0n) is 9.96. The SMILES string of the molecule is C=C(C)CN(CC)C(=O)N1CCCCC1. The summed E-state index contributed by atoms with van der Waals surface area (Å²) in [6, 6.07) is 0.181. The molecule has 3 nitrogen and oxygen atoms in total. The van der Waals surface area contributed by atoms with Crippen molar-refractivity contribution in [3.05, 3.63) is 12.2 Å². The number of urea groups is 1. The fourth-order valence-corrected chi connectivity index (χ4v) is 1.93. The molecule has 0 aromatic rings. The van der Waals surface area contributed by atoms with Gasteiger partial charge in [-0.25, -0.2) is 4.79 Å². The van der Waals surface area contributed by atoms with Crippen LogP contribution in [0.1, 0.15) is 33.1 Å². The molecule has 0 radical (unpaired) electrons. The Labute approximate surface area is 92.7 Å². The molecule has 0 atom stereocenters. The van der Waals surface area contributed by atoms with E-state index in [1.165, 1.54) is 6.42 Å². The average molecular weight is 210 g/mol. The Bertz CT molecular complexity index is 232. The Morgan fingerprint density at radius 2 is 1.93 bits per heavy atom. The highest BCUT2D eigenvalue weighted by molar-refractivity contribution is 5.74. The summed E-state index contributed by atoms with van der Waals surface area (Å²) in [6.45, 7) is 11.1. The fraction of sp³-hybridized carbons (Fsp3) is 0.750. The van der Waals surface area contributed by atoms with Crippen molar-refractivity contribution < 1.29 is 4.79 Å². The Balaban J connectivity index is 2.50. The van der Waals surface area contributed by atoms with Gasteiger partial charge in [-0.05, 0) is 33.1 Å². The van der Waals surface area contributed by atoms with E-state index in [9.17, 15) is 4.79 Å². The molecule has 1 aliphatic rings. The number of likely N-dealkylation sites (N-methyl/N-ethyl adjacent to an activating group) is 1. The average Bonchev–Trinajstić information content (AvgIpc) is 2.26. The first-order valence-corrected chi connectivity index (χ1v) is 5.83. The van der Waals surface area contributed by atoms with Gasteiger partial charge in [-0.2, -0.15) is 0 Å². The number of nitrogens with zero attached hydrogens (tertiary/aromatic N) is 2. The predicted molar refractivity (Wildman–Crippen MR) is 62.9 cm³/mol. The van der Waals surface area contributed by atoms with E-state index in [0.717, 1.165) is 38.0 Å². The van der Waals surface area contributed by atoms with Crippen molar-refractivity contribution in [1.82, 2.24) is 9.80 Å². The van der Waals surface area contributed by atoms with Gasteiger partial charge in [0.05, 0.1) is 0 Å². The van der Waals surface area contributed by atoms with Gasteiger partial charge in [-0.1, -0.05) is 12.2 Å². The third-order valence-corrected chi connectivity index (χ3v) is 2.74. The van der Waals surface area contributed by atoms with Gasteiger partial charge in [0, 0.05) is 26.2 Å². The second-order valence-electron chi connectivity index (χ2n) is 4.30. The van der Waals surface area contributed by atoms with Gasteiger partial charge in [-0.15, -0.1) is 0 Å². The third-order valence-electron chi connectivity index (χ3n) is 2.74. The van der Waals surface area contributed by atoms with Crippen LogP contribution in [-0.4, -0.2) is 42.0 Å². The number of amides is 2. The second kappa shape index (κ2) is 5.79. The van der Waals surface area contributed by atoms with Crippen molar-refractivity contribution in [1.29, 1.82) is 0 Å². The zero-order valence-corrected chi connectivity index (χ0v) is 9.96. The van der Waals surface area contributed by atoms with Crippen molar-refractivity contribution in [2.75, 3.05) is 26.2 Å². The van der Waals surface area contributed by atoms with E-state index in [2.05, 4.69) is 6.58 Å². The van der Waals surface area contributed by atoms with Gasteiger partial charge in [0.25, 0.3) is 0 Å². The maximum absolute atomic E-state index is 12.1. The van der Waals surface area contributed by atoms with Crippen molar-refractivity contribution in [3.63, 3.8) is 0 Å². The van der Waals surface area contributed by atoms with E-state index in [-0.39, 0.29) is 6.03 Å². The molecule has 0 saturated carbocycles. The lowest BCUT2D eigenvalue weighted by Crippen LogP contribution is -2.45. The number of likely N-dealkylation sites (tertiary alicyclic amines) is 1. The van der Waals surface area contributed by atoms with Crippen LogP contribution in [0.4, 0.5) is 4.79 Å². The van der Waals surface area contributed by atoms with Crippen molar-refractivity contribution in [2.24, 2.45) is 0 Å². The van der Waals surface area contributed by atoms with E-state index in [0.29, 0.717) is 6.54 Å². The number of carbonyl (C=O) groups excluding carboxylic acids is 1. The van der Waals surface area contributed by atoms with Crippen LogP contribution in [0.2, 0.25) is 0 Å². The molecule has 1 aliphatic heterocycles. The van der Waals surface area contributed by atoms with Crippen LogP contribution in [0.3, 0.4) is 0 Å². The van der Waals surface area contributed by atoms with E-state index >= 15 is 0 Å². The van der Waals surface area contributed by atoms with E-state index < -0.39 is 0 Å². The van der Waals surface area contributed by atoms with E-state index in [1.54, 1.807) is 0 Å². The molecule has 0 N–H and O–H groups in total. The summed E-state index contributed by atoms with van der Waals surface area (Å²) in [6.07, 6.45) is 3.56. The standard InChI is InChI=1S/C12H22N2O/c1-4-13(10-11(2)3)12(15)14-8-6-5-7-9-14/h2,4-10H2,1,3H3. The molecule has 0 aliphatic carbocycles. The number of hydrogen-bond acceptors (Lipinski definition) is 1. The summed E-state index contributed by atoms with van der Waals surface area (Å²) < 4.78 is 0. The maximum Gasteiger partial charge on any atom is 0.320 e. The number of hydrogen-bond donors (Lipinski definition) is 0. The Morgan fingerprint density at radius 1 is 1.33 bits per heavy atom. The van der Waals surface area contributed by atoms with Crippen LogP contribution in [0, 0.1) is 0 Å². The highest BCUT2D eigenvalue weighted by Crippen LogP contribution is 2.11. The Kier molecular flexibility index (Phi) is 4.66. The summed E-state index contributed by atoms with van der Waals surface area (Å²) in [7, 11) is 0. The predicted octanol–water partition coefficient (Wildman–Crippen LogP) is 2.49. The highest BCUT2D eigenvalue weighted by Gasteiger charge is 2.20. The quantitative estimate of drug-likeness (QED) is 0.656. The van der Waals surface area contributed by atoms with Crippen LogP contribution < -0.4 is 0 Å². The summed E-state index contributed by atoms with van der Waals surface area (Å²) in [4.78, 5) is 15.9. The van der Waals surface area contributed by atoms with Gasteiger partial charge < -0.3 is 9.80 Å². The summed E-state index contributed by atoms with van der Waals surface area (Å²) in [5.41, 5.74) is 1.04. The molecule has 2 amide bonds. The number of rotatable bonds is 3. The van der Waals surface area contributed by atoms with Crippen LogP contribution in [0.15, 0.2) is 12.2 Å². The molecule has 1 fully saturated rings. The zero-order chi connectivity index (χ0) is 11.3. The fourth-order valence-electron chi connectivity index (χ4n) is 1.93. The molecule has 1 saturated heterocycles. The largest absolute Gasteiger partial charge is 0.325 e. The lowest BCUT2D eigenvalue weighted by molar-refractivity contribution is 0.149. The van der Waals surface area contributed by atoms with Crippen molar-refractivity contribution in [2.45, 2.75) is 33.1 Å². The van der Waals surface area contributed by atoms with Gasteiger partial charge in [0.15, 0.2) is 0 Å². The summed E-state index contributed by atoms with van der Waals surface area (Å²) in [5, 5.41) is 0. The van der Waals surface area contributed by atoms with E-state index in [1.807, 2.05) is 23.6 Å². The van der Waals surface area contributed by atoms with Gasteiger partial charge >= 0.3 is 6.03 Å². The first-order chi connectivity index (χ1) is 7.15.